The van der Waals surface area contributed by atoms with E-state index in [1.807, 2.05) is 18.2 Å². The highest BCUT2D eigenvalue weighted by Crippen LogP contribution is 2.48. The van der Waals surface area contributed by atoms with Gasteiger partial charge in [-0.05, 0) is 42.2 Å². The number of benzene rings is 1. The fourth-order valence-corrected chi connectivity index (χ4v) is 4.83. The fraction of sp³-hybridized carbons (Fsp3) is 0.409. The number of anilines is 2. The summed E-state index contributed by atoms with van der Waals surface area (Å²) in [5.41, 5.74) is 1.95. The van der Waals surface area contributed by atoms with E-state index in [2.05, 4.69) is 20.4 Å². The van der Waals surface area contributed by atoms with Crippen LogP contribution in [0.3, 0.4) is 0 Å². The standard InChI is InChI=1S/C22H23F2N5O3/c23-20(24)32-17-5-2-8-26-19(17)27-16-4-1-3-15-14(16)11-22(15)12-18(30)29(21(25)28-22)13-6-9-31-10-7-13/h1-5,8,13,20H,6-7,9-12H2,(H2,25,28)(H,26,27)/t22-/m0/s1. The van der Waals surface area contributed by atoms with Crippen molar-refractivity contribution in [2.24, 2.45) is 0 Å². The van der Waals surface area contributed by atoms with Crippen LogP contribution in [0.15, 0.2) is 36.5 Å². The van der Waals surface area contributed by atoms with Gasteiger partial charge in [0.15, 0.2) is 17.5 Å². The second-order valence-electron chi connectivity index (χ2n) is 8.20. The number of pyridine rings is 1. The predicted molar refractivity (Wildman–Crippen MR) is 112 cm³/mol. The second kappa shape index (κ2) is 8.01. The van der Waals surface area contributed by atoms with Crippen molar-refractivity contribution >= 4 is 23.4 Å². The summed E-state index contributed by atoms with van der Waals surface area (Å²) in [7, 11) is 0. The van der Waals surface area contributed by atoms with Crippen LogP contribution in [0.1, 0.15) is 30.4 Å². The molecule has 3 aliphatic rings. The van der Waals surface area contributed by atoms with Crippen LogP contribution in [-0.2, 0) is 21.5 Å². The smallest absolute Gasteiger partial charge is 0.387 e. The van der Waals surface area contributed by atoms with Crippen molar-refractivity contribution in [3.63, 3.8) is 0 Å². The van der Waals surface area contributed by atoms with Crippen molar-refractivity contribution in [2.45, 2.75) is 43.9 Å². The number of aromatic nitrogens is 1. The highest BCUT2D eigenvalue weighted by molar-refractivity contribution is 6.00. The Balaban J connectivity index is 1.37. The van der Waals surface area contributed by atoms with E-state index in [1.54, 1.807) is 4.90 Å². The Morgan fingerprint density at radius 3 is 2.81 bits per heavy atom. The van der Waals surface area contributed by atoms with E-state index >= 15 is 0 Å². The molecule has 1 amide bonds. The fourth-order valence-electron chi connectivity index (χ4n) is 4.83. The van der Waals surface area contributed by atoms with Gasteiger partial charge in [-0.15, -0.1) is 0 Å². The number of fused-ring (bicyclic) bond motifs is 2. The molecule has 2 saturated heterocycles. The maximum absolute atomic E-state index is 13.0. The molecule has 1 aliphatic carbocycles. The number of guanidine groups is 1. The molecule has 2 fully saturated rings. The lowest BCUT2D eigenvalue weighted by atomic mass is 9.67. The average Bonchev–Trinajstić information content (AvgIpc) is 2.75. The zero-order valence-corrected chi connectivity index (χ0v) is 17.2. The molecule has 0 bridgehead atoms. The molecule has 3 N–H and O–H groups in total. The van der Waals surface area contributed by atoms with Gasteiger partial charge in [0, 0.05) is 37.6 Å². The Labute approximate surface area is 183 Å². The van der Waals surface area contributed by atoms with Crippen LogP contribution < -0.4 is 15.4 Å². The van der Waals surface area contributed by atoms with E-state index in [9.17, 15) is 13.6 Å². The van der Waals surface area contributed by atoms with Crippen molar-refractivity contribution in [3.8, 4) is 5.75 Å². The molecule has 0 radical (unpaired) electrons. The Morgan fingerprint density at radius 1 is 1.25 bits per heavy atom. The van der Waals surface area contributed by atoms with Crippen molar-refractivity contribution in [3.05, 3.63) is 47.7 Å². The highest BCUT2D eigenvalue weighted by atomic mass is 19.3. The summed E-state index contributed by atoms with van der Waals surface area (Å²) >= 11 is 0. The quantitative estimate of drug-likeness (QED) is 0.657. The molecule has 10 heteroatoms. The van der Waals surface area contributed by atoms with E-state index in [-0.39, 0.29) is 35.9 Å². The molecule has 2 aromatic rings. The van der Waals surface area contributed by atoms with E-state index in [4.69, 9.17) is 10.1 Å². The number of hydrogen-bond acceptors (Lipinski definition) is 6. The maximum Gasteiger partial charge on any atom is 0.387 e. The molecule has 168 valence electrons. The first-order valence-electron chi connectivity index (χ1n) is 10.5. The summed E-state index contributed by atoms with van der Waals surface area (Å²) < 4.78 is 35.4. The zero-order valence-electron chi connectivity index (χ0n) is 17.2. The van der Waals surface area contributed by atoms with Gasteiger partial charge < -0.3 is 20.1 Å². The van der Waals surface area contributed by atoms with E-state index in [0.717, 1.165) is 24.0 Å². The van der Waals surface area contributed by atoms with Crippen molar-refractivity contribution in [1.82, 2.24) is 15.2 Å². The van der Waals surface area contributed by atoms with Gasteiger partial charge in [0.1, 0.15) is 0 Å². The summed E-state index contributed by atoms with van der Waals surface area (Å²) in [6.07, 6.45) is 3.72. The predicted octanol–water partition coefficient (Wildman–Crippen LogP) is 3.11. The molecule has 3 heterocycles. The van der Waals surface area contributed by atoms with Crippen LogP contribution in [0, 0.1) is 5.41 Å². The molecule has 0 saturated carbocycles. The minimum absolute atomic E-state index is 0.0152. The summed E-state index contributed by atoms with van der Waals surface area (Å²) in [6, 6.07) is 8.52. The van der Waals surface area contributed by atoms with Crippen LogP contribution in [0.4, 0.5) is 20.3 Å². The SMILES string of the molecule is N=C1N[C@]2(CC(=O)N1C1CCOCC1)Cc1c(Nc3ncccc3OC(F)F)cccc12. The number of halogens is 2. The Morgan fingerprint density at radius 2 is 2.06 bits per heavy atom. The molecule has 1 atom stereocenters. The number of hydrogen-bond donors (Lipinski definition) is 3. The largest absolute Gasteiger partial charge is 0.431 e. The van der Waals surface area contributed by atoms with Gasteiger partial charge in [-0.25, -0.2) is 4.98 Å². The third kappa shape index (κ3) is 3.54. The van der Waals surface area contributed by atoms with Crippen LogP contribution in [0.2, 0.25) is 0 Å². The molecule has 5 rings (SSSR count). The second-order valence-corrected chi connectivity index (χ2v) is 8.20. The number of nitrogens with one attached hydrogen (secondary N) is 3. The molecule has 0 unspecified atom stereocenters. The minimum Gasteiger partial charge on any atom is -0.431 e. The first kappa shape index (κ1) is 20.6. The average molecular weight is 443 g/mol. The molecule has 2 aliphatic heterocycles. The first-order chi connectivity index (χ1) is 15.5. The number of rotatable bonds is 5. The van der Waals surface area contributed by atoms with Gasteiger partial charge in [0.2, 0.25) is 5.91 Å². The Bertz CT molecular complexity index is 1040. The van der Waals surface area contributed by atoms with Crippen LogP contribution in [0.25, 0.3) is 0 Å². The van der Waals surface area contributed by atoms with Crippen molar-refractivity contribution in [1.29, 1.82) is 5.41 Å². The van der Waals surface area contributed by atoms with Gasteiger partial charge in [-0.2, -0.15) is 8.78 Å². The number of alkyl halides is 2. The summed E-state index contributed by atoms with van der Waals surface area (Å²) in [4.78, 5) is 18.7. The highest BCUT2D eigenvalue weighted by Gasteiger charge is 2.51. The molecule has 1 spiro atoms. The van der Waals surface area contributed by atoms with Crippen LogP contribution in [-0.4, -0.2) is 47.6 Å². The van der Waals surface area contributed by atoms with Crippen molar-refractivity contribution < 1.29 is 23.0 Å². The van der Waals surface area contributed by atoms with E-state index in [1.165, 1.54) is 18.3 Å². The summed E-state index contributed by atoms with van der Waals surface area (Å²) in [6.45, 7) is -1.77. The lowest BCUT2D eigenvalue weighted by molar-refractivity contribution is -0.134. The van der Waals surface area contributed by atoms with Crippen LogP contribution in [0.5, 0.6) is 5.75 Å². The number of carbonyl (C=O) groups is 1. The molecule has 1 aromatic heterocycles. The van der Waals surface area contributed by atoms with Gasteiger partial charge in [-0.3, -0.25) is 15.1 Å². The van der Waals surface area contributed by atoms with Gasteiger partial charge in [0.25, 0.3) is 0 Å². The summed E-state index contributed by atoms with van der Waals surface area (Å²) in [5.74, 6) is 0.193. The molecule has 32 heavy (non-hydrogen) atoms. The molecular weight excluding hydrogens is 420 g/mol. The number of carbonyl (C=O) groups excluding carboxylic acids is 1. The minimum atomic E-state index is -2.95. The Hall–Kier alpha value is -3.27. The number of nitrogens with zero attached hydrogens (tertiary/aromatic N) is 2. The van der Waals surface area contributed by atoms with Crippen LogP contribution >= 0.6 is 0 Å². The topological polar surface area (TPSA) is 99.6 Å². The third-order valence-corrected chi connectivity index (χ3v) is 6.29. The maximum atomic E-state index is 13.0. The molecule has 1 aromatic carbocycles. The Kier molecular flexibility index (Phi) is 5.16. The first-order valence-corrected chi connectivity index (χ1v) is 10.5. The summed E-state index contributed by atoms with van der Waals surface area (Å²) in [5, 5.41) is 14.9. The lowest BCUT2D eigenvalue weighted by Gasteiger charge is -2.51. The lowest BCUT2D eigenvalue weighted by Crippen LogP contribution is -2.66. The normalized spacial score (nSPS) is 23.0. The van der Waals surface area contributed by atoms with Gasteiger partial charge in [0.05, 0.1) is 12.0 Å². The number of ether oxygens (including phenoxy) is 2. The third-order valence-electron chi connectivity index (χ3n) is 6.29. The zero-order chi connectivity index (χ0) is 22.3. The molecule has 8 nitrogen and oxygen atoms in total. The molecular formula is C22H23F2N5O3. The van der Waals surface area contributed by atoms with Crippen molar-refractivity contribution in [2.75, 3.05) is 18.5 Å². The van der Waals surface area contributed by atoms with Gasteiger partial charge in [-0.1, -0.05) is 12.1 Å². The van der Waals surface area contributed by atoms with E-state index in [0.29, 0.717) is 25.3 Å². The van der Waals surface area contributed by atoms with E-state index < -0.39 is 12.2 Å². The monoisotopic (exact) mass is 443 g/mol. The number of amides is 1. The van der Waals surface area contributed by atoms with Gasteiger partial charge >= 0.3 is 6.61 Å².